The zero-order valence-electron chi connectivity index (χ0n) is 30.6. The Balaban J connectivity index is 2.04. The fourth-order valence-electron chi connectivity index (χ4n) is 4.81. The summed E-state index contributed by atoms with van der Waals surface area (Å²) in [6.45, 7) is 1.71. The molecule has 0 aromatic heterocycles. The average molecular weight is 790 g/mol. The van der Waals surface area contributed by atoms with Gasteiger partial charge in [-0.15, -0.1) is 0 Å². The molecule has 6 amide bonds. The Hall–Kier alpha value is -5.47. The molecule has 2 rings (SSSR count). The molecule has 0 aliphatic carbocycles. The molecule has 6 atom stereocenters. The van der Waals surface area contributed by atoms with Crippen molar-refractivity contribution in [1.82, 2.24) is 31.9 Å². The van der Waals surface area contributed by atoms with Gasteiger partial charge in [0.05, 0.1) is 19.3 Å². The Morgan fingerprint density at radius 2 is 1.33 bits per heavy atom. The van der Waals surface area contributed by atoms with Crippen molar-refractivity contribution in [2.45, 2.75) is 69.5 Å². The monoisotopic (exact) mass is 789 g/mol. The Labute approximate surface area is 322 Å². The van der Waals surface area contributed by atoms with E-state index in [4.69, 9.17) is 28.8 Å². The van der Waals surface area contributed by atoms with Crippen LogP contribution < -0.4 is 49.1 Å². The molecule has 0 radical (unpaired) electrons. The normalized spacial score (nSPS) is 14.0. The molecule has 0 aliphatic rings. The lowest BCUT2D eigenvalue weighted by atomic mass is 10.0. The van der Waals surface area contributed by atoms with Crippen molar-refractivity contribution in [2.75, 3.05) is 26.7 Å². The highest BCUT2D eigenvalue weighted by molar-refractivity contribution is 6.38. The van der Waals surface area contributed by atoms with E-state index in [2.05, 4.69) is 36.6 Å². The fourth-order valence-corrected chi connectivity index (χ4v) is 4.93. The number of rotatable bonds is 21. The van der Waals surface area contributed by atoms with Gasteiger partial charge in [-0.1, -0.05) is 35.9 Å². The summed E-state index contributed by atoms with van der Waals surface area (Å²) in [4.78, 5) is 101. The minimum Gasteiger partial charge on any atom is -0.468 e. The molecule has 0 saturated carbocycles. The number of nitrogens with two attached hydrogens (primary N) is 3. The second-order valence-corrected chi connectivity index (χ2v) is 12.7. The van der Waals surface area contributed by atoms with Gasteiger partial charge in [0.25, 0.3) is 17.7 Å². The SMILES string of the molecule is COC(=O)CNC(=O)C(=O)C(C)NC(=O)C(CCCCN)NC(=O)C(N)NC(=O)C(NC(=O)C(CN)NC(=O)c1ccc(-c2ccc(Cl)cc2)cc1)C(C)O. The zero-order chi connectivity index (χ0) is 41.2. The number of ether oxygens (including phenoxy) is 1. The fraction of sp³-hybridized carbons (Fsp3) is 0.429. The van der Waals surface area contributed by atoms with E-state index in [0.29, 0.717) is 17.9 Å². The summed E-state index contributed by atoms with van der Waals surface area (Å²) in [6, 6.07) is 7.91. The molecule has 0 spiro atoms. The van der Waals surface area contributed by atoms with Crippen molar-refractivity contribution in [3.63, 3.8) is 0 Å². The van der Waals surface area contributed by atoms with Gasteiger partial charge in [0.1, 0.15) is 24.7 Å². The summed E-state index contributed by atoms with van der Waals surface area (Å²) < 4.78 is 4.39. The van der Waals surface area contributed by atoms with Crippen LogP contribution in [0.15, 0.2) is 48.5 Å². The van der Waals surface area contributed by atoms with E-state index >= 15 is 0 Å². The van der Waals surface area contributed by atoms with Crippen molar-refractivity contribution in [3.8, 4) is 11.1 Å². The third kappa shape index (κ3) is 14.7. The molecule has 0 bridgehead atoms. The van der Waals surface area contributed by atoms with Crippen LogP contribution in [0.3, 0.4) is 0 Å². The Bertz CT molecular complexity index is 1680. The molecular formula is C35H48ClN9O10. The molecule has 0 saturated heterocycles. The number of carbonyl (C=O) groups excluding carboxylic acids is 8. The number of hydrogen-bond donors (Lipinski definition) is 10. The Morgan fingerprint density at radius 1 is 0.745 bits per heavy atom. The molecule has 6 unspecified atom stereocenters. The Morgan fingerprint density at radius 3 is 1.87 bits per heavy atom. The molecule has 0 aliphatic heterocycles. The quantitative estimate of drug-likeness (QED) is 0.0267. The highest BCUT2D eigenvalue weighted by Crippen LogP contribution is 2.22. The number of carbonyl (C=O) groups is 8. The topological polar surface area (TPSA) is 316 Å². The second kappa shape index (κ2) is 22.7. The lowest BCUT2D eigenvalue weighted by Gasteiger charge is -2.26. The summed E-state index contributed by atoms with van der Waals surface area (Å²) in [5.74, 6) is -7.63. The number of aliphatic hydroxyl groups excluding tert-OH is 1. The summed E-state index contributed by atoms with van der Waals surface area (Å²) in [5, 5.41) is 24.6. The molecule has 0 fully saturated rings. The van der Waals surface area contributed by atoms with Gasteiger partial charge in [-0.05, 0) is 75.0 Å². The van der Waals surface area contributed by atoms with E-state index < -0.39 is 90.2 Å². The van der Waals surface area contributed by atoms with Crippen LogP contribution in [0.5, 0.6) is 0 Å². The molecule has 2 aromatic rings. The maximum atomic E-state index is 13.1. The minimum atomic E-state index is -1.81. The van der Waals surface area contributed by atoms with E-state index in [1.54, 1.807) is 36.4 Å². The predicted octanol–water partition coefficient (Wildman–Crippen LogP) is -2.69. The number of ketones is 1. The van der Waals surface area contributed by atoms with Crippen LogP contribution in [0.25, 0.3) is 11.1 Å². The van der Waals surface area contributed by atoms with Crippen molar-refractivity contribution < 1.29 is 48.2 Å². The number of aliphatic hydroxyl groups is 1. The highest BCUT2D eigenvalue weighted by atomic mass is 35.5. The molecular weight excluding hydrogens is 742 g/mol. The Kier molecular flexibility index (Phi) is 18.8. The minimum absolute atomic E-state index is 0.0237. The van der Waals surface area contributed by atoms with E-state index in [0.717, 1.165) is 18.2 Å². The van der Waals surface area contributed by atoms with Crippen LogP contribution in [0.2, 0.25) is 5.02 Å². The van der Waals surface area contributed by atoms with Crippen LogP contribution in [-0.4, -0.2) is 115 Å². The standard InChI is InChI=1S/C35H48ClN9O10/c1-18(28(48)34(53)40-17-26(47)55-3)41-31(50)24(6-4-5-15-37)42-35(54)29(39)45-33(52)27(19(2)46)44-32(51)25(16-38)43-30(49)22-9-7-20(8-10-22)21-11-13-23(36)14-12-21/h7-14,18-19,24-25,27,29,46H,4-6,15-17,37-39H2,1-3H3,(H,40,53)(H,41,50)(H,42,54)(H,43,49)(H,44,51)(H,45,52). The first-order valence-corrected chi connectivity index (χ1v) is 17.5. The number of Topliss-reactive ketones (excluding diaryl/α,β-unsaturated/α-hetero) is 1. The maximum Gasteiger partial charge on any atom is 0.325 e. The van der Waals surface area contributed by atoms with Crippen molar-refractivity contribution in [2.24, 2.45) is 17.2 Å². The van der Waals surface area contributed by atoms with Crippen molar-refractivity contribution >= 4 is 58.8 Å². The van der Waals surface area contributed by atoms with Gasteiger partial charge in [0, 0.05) is 17.1 Å². The van der Waals surface area contributed by atoms with Crippen LogP contribution in [-0.2, 0) is 38.3 Å². The number of halogens is 1. The largest absolute Gasteiger partial charge is 0.468 e. The van der Waals surface area contributed by atoms with E-state index in [1.165, 1.54) is 13.8 Å². The molecule has 20 heteroatoms. The van der Waals surface area contributed by atoms with Gasteiger partial charge in [-0.25, -0.2) is 0 Å². The number of benzene rings is 2. The molecule has 19 nitrogen and oxygen atoms in total. The van der Waals surface area contributed by atoms with Crippen LogP contribution in [0.1, 0.15) is 43.5 Å². The van der Waals surface area contributed by atoms with Gasteiger partial charge in [-0.2, -0.15) is 0 Å². The smallest absolute Gasteiger partial charge is 0.325 e. The molecule has 55 heavy (non-hydrogen) atoms. The highest BCUT2D eigenvalue weighted by Gasteiger charge is 2.33. The molecule has 13 N–H and O–H groups in total. The number of amides is 6. The van der Waals surface area contributed by atoms with Crippen LogP contribution in [0, 0.1) is 0 Å². The van der Waals surface area contributed by atoms with Gasteiger partial charge in [-0.3, -0.25) is 38.4 Å². The number of methoxy groups -OCH3 is 1. The summed E-state index contributed by atoms with van der Waals surface area (Å²) in [7, 11) is 1.09. The average Bonchev–Trinajstić information content (AvgIpc) is 3.16. The van der Waals surface area contributed by atoms with Crippen molar-refractivity contribution in [3.05, 3.63) is 59.1 Å². The van der Waals surface area contributed by atoms with Gasteiger partial charge < -0.3 is 58.9 Å². The predicted molar refractivity (Wildman–Crippen MR) is 199 cm³/mol. The number of unbranched alkanes of at least 4 members (excludes halogenated alkanes) is 1. The van der Waals surface area contributed by atoms with E-state index in [9.17, 15) is 43.5 Å². The number of hydrogen-bond acceptors (Lipinski definition) is 13. The summed E-state index contributed by atoms with van der Waals surface area (Å²) in [6.07, 6.45) is -2.49. The second-order valence-electron chi connectivity index (χ2n) is 12.3. The van der Waals surface area contributed by atoms with Crippen LogP contribution >= 0.6 is 11.6 Å². The summed E-state index contributed by atoms with van der Waals surface area (Å²) in [5.41, 5.74) is 19.1. The number of esters is 1. The van der Waals surface area contributed by atoms with Gasteiger partial charge >= 0.3 is 5.97 Å². The lowest BCUT2D eigenvalue weighted by molar-refractivity contribution is -0.144. The molecule has 300 valence electrons. The van der Waals surface area contributed by atoms with Crippen LogP contribution in [0.4, 0.5) is 0 Å². The van der Waals surface area contributed by atoms with E-state index in [-0.39, 0.29) is 25.1 Å². The first kappa shape index (κ1) is 45.7. The zero-order valence-corrected chi connectivity index (χ0v) is 31.3. The number of nitrogens with one attached hydrogen (secondary N) is 6. The van der Waals surface area contributed by atoms with Gasteiger partial charge in [0.15, 0.2) is 6.17 Å². The molecule has 2 aromatic carbocycles. The third-order valence-corrected chi connectivity index (χ3v) is 8.25. The lowest BCUT2D eigenvalue weighted by Crippen LogP contribution is -2.63. The third-order valence-electron chi connectivity index (χ3n) is 8.00. The first-order valence-electron chi connectivity index (χ1n) is 17.1. The summed E-state index contributed by atoms with van der Waals surface area (Å²) >= 11 is 5.95. The first-order chi connectivity index (χ1) is 26.0. The van der Waals surface area contributed by atoms with E-state index in [1.807, 2.05) is 12.1 Å². The molecule has 0 heterocycles. The maximum absolute atomic E-state index is 13.1. The van der Waals surface area contributed by atoms with Gasteiger partial charge in [0.2, 0.25) is 23.5 Å². The van der Waals surface area contributed by atoms with Crippen molar-refractivity contribution in [1.29, 1.82) is 0 Å².